The Labute approximate surface area is 114 Å². The van der Waals surface area contributed by atoms with E-state index < -0.39 is 0 Å². The number of rotatable bonds is 2. The van der Waals surface area contributed by atoms with Crippen LogP contribution in [0.1, 0.15) is 36.4 Å². The lowest BCUT2D eigenvalue weighted by Crippen LogP contribution is -2.35. The Hall–Kier alpha value is -1.04. The Balaban J connectivity index is 1.75. The summed E-state index contributed by atoms with van der Waals surface area (Å²) >= 11 is 0. The molecule has 3 rings (SSSR count). The van der Waals surface area contributed by atoms with Crippen LogP contribution in [-0.2, 0) is 4.74 Å². The molecule has 2 saturated heterocycles. The second-order valence-corrected chi connectivity index (χ2v) is 5.50. The molecule has 2 unspecified atom stereocenters. The fourth-order valence-electron chi connectivity index (χ4n) is 2.91. The van der Waals surface area contributed by atoms with Crippen molar-refractivity contribution in [2.45, 2.75) is 24.9 Å². The predicted molar refractivity (Wildman–Crippen MR) is 73.1 cm³/mol. The minimum absolute atomic E-state index is 0.00928. The van der Waals surface area contributed by atoms with E-state index in [0.717, 1.165) is 32.1 Å². The van der Waals surface area contributed by atoms with Crippen molar-refractivity contribution in [2.75, 3.05) is 39.8 Å². The topological polar surface area (TPSA) is 50.3 Å². The lowest BCUT2D eigenvalue weighted by Gasteiger charge is -2.29. The highest BCUT2D eigenvalue weighted by atomic mass is 16.5. The fraction of sp³-hybridized carbons (Fsp3) is 0.714. The Kier molecular flexibility index (Phi) is 4.06. The Morgan fingerprint density at radius 1 is 1.47 bits per heavy atom. The molecule has 0 aromatic carbocycles. The van der Waals surface area contributed by atoms with Gasteiger partial charge in [-0.3, -0.25) is 0 Å². The summed E-state index contributed by atoms with van der Waals surface area (Å²) in [6.45, 7) is 4.77. The molecule has 1 N–H and O–H groups in total. The molecule has 0 radical (unpaired) electrons. The van der Waals surface area contributed by atoms with Crippen LogP contribution < -0.4 is 5.32 Å². The van der Waals surface area contributed by atoms with Crippen molar-refractivity contribution < 1.29 is 4.74 Å². The standard InChI is InChI=1S/C14H22N4O/c1-18-7-2-3-11(10-18)12-4-5-16-14(17-12)13-9-15-6-8-19-13/h4-5,11,13,15H,2-3,6-10H2,1H3. The Morgan fingerprint density at radius 3 is 3.21 bits per heavy atom. The predicted octanol–water partition coefficient (Wildman–Crippen LogP) is 0.947. The van der Waals surface area contributed by atoms with Crippen molar-refractivity contribution in [3.05, 3.63) is 23.8 Å². The first-order valence-corrected chi connectivity index (χ1v) is 7.16. The molecule has 0 spiro atoms. The zero-order valence-corrected chi connectivity index (χ0v) is 11.5. The second-order valence-electron chi connectivity index (χ2n) is 5.50. The van der Waals surface area contributed by atoms with Gasteiger partial charge in [-0.15, -0.1) is 0 Å². The van der Waals surface area contributed by atoms with E-state index in [1.54, 1.807) is 0 Å². The first-order valence-electron chi connectivity index (χ1n) is 7.16. The summed E-state index contributed by atoms with van der Waals surface area (Å²) in [5.41, 5.74) is 1.17. The van der Waals surface area contributed by atoms with Crippen molar-refractivity contribution in [3.63, 3.8) is 0 Å². The summed E-state index contributed by atoms with van der Waals surface area (Å²) in [4.78, 5) is 11.5. The first kappa shape index (κ1) is 13.0. The van der Waals surface area contributed by atoms with Crippen molar-refractivity contribution in [1.29, 1.82) is 0 Å². The van der Waals surface area contributed by atoms with Crippen molar-refractivity contribution >= 4 is 0 Å². The van der Waals surface area contributed by atoms with Crippen LogP contribution >= 0.6 is 0 Å². The number of piperidine rings is 1. The number of ether oxygens (including phenoxy) is 1. The molecule has 104 valence electrons. The van der Waals surface area contributed by atoms with Gasteiger partial charge in [0.25, 0.3) is 0 Å². The van der Waals surface area contributed by atoms with Gasteiger partial charge in [-0.2, -0.15) is 0 Å². The molecule has 3 heterocycles. The summed E-state index contributed by atoms with van der Waals surface area (Å²) < 4.78 is 5.73. The van der Waals surface area contributed by atoms with Gasteiger partial charge in [0.2, 0.25) is 0 Å². The van der Waals surface area contributed by atoms with Gasteiger partial charge in [-0.25, -0.2) is 9.97 Å². The molecule has 0 bridgehead atoms. The van der Waals surface area contributed by atoms with E-state index in [-0.39, 0.29) is 6.10 Å². The van der Waals surface area contributed by atoms with E-state index in [1.165, 1.54) is 25.1 Å². The van der Waals surface area contributed by atoms with Crippen molar-refractivity contribution in [3.8, 4) is 0 Å². The highest BCUT2D eigenvalue weighted by Crippen LogP contribution is 2.25. The molecule has 1 aromatic rings. The molecular formula is C14H22N4O. The van der Waals surface area contributed by atoms with Gasteiger partial charge >= 0.3 is 0 Å². The van der Waals surface area contributed by atoms with Gasteiger partial charge < -0.3 is 15.0 Å². The number of likely N-dealkylation sites (N-methyl/N-ethyl adjacent to an activating group) is 1. The number of nitrogens with one attached hydrogen (secondary N) is 1. The maximum Gasteiger partial charge on any atom is 0.158 e. The maximum absolute atomic E-state index is 5.73. The Morgan fingerprint density at radius 2 is 2.42 bits per heavy atom. The van der Waals surface area contributed by atoms with Gasteiger partial charge in [0.05, 0.1) is 6.61 Å². The van der Waals surface area contributed by atoms with E-state index in [2.05, 4.69) is 28.3 Å². The monoisotopic (exact) mass is 262 g/mol. The second kappa shape index (κ2) is 5.94. The van der Waals surface area contributed by atoms with Crippen LogP contribution in [-0.4, -0.2) is 54.7 Å². The van der Waals surface area contributed by atoms with Crippen LogP contribution in [0, 0.1) is 0 Å². The lowest BCUT2D eigenvalue weighted by atomic mass is 9.95. The minimum Gasteiger partial charge on any atom is -0.368 e. The smallest absolute Gasteiger partial charge is 0.158 e. The Bertz CT molecular complexity index is 420. The van der Waals surface area contributed by atoms with Gasteiger partial charge in [0, 0.05) is 37.4 Å². The molecule has 0 aliphatic carbocycles. The number of morpholine rings is 1. The first-order chi connectivity index (χ1) is 9.33. The number of hydrogen-bond acceptors (Lipinski definition) is 5. The number of hydrogen-bond donors (Lipinski definition) is 1. The van der Waals surface area contributed by atoms with Crippen molar-refractivity contribution in [1.82, 2.24) is 20.2 Å². The van der Waals surface area contributed by atoms with Crippen LogP contribution in [0.3, 0.4) is 0 Å². The van der Waals surface area contributed by atoms with Crippen LogP contribution in [0.25, 0.3) is 0 Å². The molecule has 1 aromatic heterocycles. The largest absolute Gasteiger partial charge is 0.368 e. The van der Waals surface area contributed by atoms with E-state index in [0.29, 0.717) is 5.92 Å². The van der Waals surface area contributed by atoms with Crippen LogP contribution in [0.2, 0.25) is 0 Å². The summed E-state index contributed by atoms with van der Waals surface area (Å²) in [7, 11) is 2.18. The maximum atomic E-state index is 5.73. The number of likely N-dealkylation sites (tertiary alicyclic amines) is 1. The summed E-state index contributed by atoms with van der Waals surface area (Å²) in [6.07, 6.45) is 4.37. The zero-order valence-electron chi connectivity index (χ0n) is 11.5. The van der Waals surface area contributed by atoms with Crippen molar-refractivity contribution in [2.24, 2.45) is 0 Å². The third kappa shape index (κ3) is 3.11. The highest BCUT2D eigenvalue weighted by Gasteiger charge is 2.23. The molecule has 2 aliphatic heterocycles. The zero-order chi connectivity index (χ0) is 13.1. The number of nitrogens with zero attached hydrogens (tertiary/aromatic N) is 3. The third-order valence-corrected chi connectivity index (χ3v) is 3.95. The van der Waals surface area contributed by atoms with Gasteiger partial charge in [-0.1, -0.05) is 0 Å². The van der Waals surface area contributed by atoms with Crippen LogP contribution in [0.5, 0.6) is 0 Å². The van der Waals surface area contributed by atoms with Gasteiger partial charge in [0.1, 0.15) is 6.10 Å². The van der Waals surface area contributed by atoms with Gasteiger partial charge in [0.15, 0.2) is 5.82 Å². The number of aromatic nitrogens is 2. The molecule has 0 amide bonds. The normalized spacial score (nSPS) is 29.3. The molecule has 19 heavy (non-hydrogen) atoms. The SMILES string of the molecule is CN1CCCC(c2ccnc(C3CNCCO3)n2)C1. The molecule has 2 aliphatic rings. The minimum atomic E-state index is 0.00928. The molecule has 5 nitrogen and oxygen atoms in total. The average molecular weight is 262 g/mol. The summed E-state index contributed by atoms with van der Waals surface area (Å²) in [5.74, 6) is 1.37. The van der Waals surface area contributed by atoms with E-state index >= 15 is 0 Å². The van der Waals surface area contributed by atoms with E-state index in [9.17, 15) is 0 Å². The highest BCUT2D eigenvalue weighted by molar-refractivity contribution is 5.11. The van der Waals surface area contributed by atoms with Gasteiger partial charge in [-0.05, 0) is 32.5 Å². The molecule has 2 fully saturated rings. The summed E-state index contributed by atoms with van der Waals surface area (Å²) in [5, 5.41) is 3.33. The third-order valence-electron chi connectivity index (χ3n) is 3.95. The molecular weight excluding hydrogens is 240 g/mol. The molecule has 2 atom stereocenters. The van der Waals surface area contributed by atoms with Crippen LogP contribution in [0.4, 0.5) is 0 Å². The van der Waals surface area contributed by atoms with E-state index in [1.807, 2.05) is 6.20 Å². The van der Waals surface area contributed by atoms with Crippen LogP contribution in [0.15, 0.2) is 12.3 Å². The lowest BCUT2D eigenvalue weighted by molar-refractivity contribution is 0.0219. The van der Waals surface area contributed by atoms with E-state index in [4.69, 9.17) is 9.72 Å². The summed E-state index contributed by atoms with van der Waals surface area (Å²) in [6, 6.07) is 2.06. The molecule has 0 saturated carbocycles. The quantitative estimate of drug-likeness (QED) is 0.860. The fourth-order valence-corrected chi connectivity index (χ4v) is 2.91. The average Bonchev–Trinajstić information content (AvgIpc) is 2.48. The molecule has 5 heteroatoms.